The fourth-order valence-corrected chi connectivity index (χ4v) is 1.98. The summed E-state index contributed by atoms with van der Waals surface area (Å²) in [5.41, 5.74) is -0.197. The molecule has 1 aromatic carbocycles. The van der Waals surface area contributed by atoms with Crippen LogP contribution in [0, 0.1) is 0 Å². The lowest BCUT2D eigenvalue weighted by molar-refractivity contribution is -0.111. The van der Waals surface area contributed by atoms with E-state index in [1.807, 2.05) is 0 Å². The molecule has 0 saturated heterocycles. The van der Waals surface area contributed by atoms with Crippen molar-refractivity contribution in [1.82, 2.24) is 0 Å². The average molecular weight is 261 g/mol. The van der Waals surface area contributed by atoms with Gasteiger partial charge in [-0.05, 0) is 18.2 Å². The number of carbonyl (C=O) groups excluding carboxylic acids is 1. The first-order chi connectivity index (χ1) is 7.89. The highest BCUT2D eigenvalue weighted by Gasteiger charge is 2.29. The van der Waals surface area contributed by atoms with E-state index in [4.69, 9.17) is 0 Å². The number of anilines is 1. The summed E-state index contributed by atoms with van der Waals surface area (Å²) in [5, 5.41) is 2.15. The molecule has 17 heavy (non-hydrogen) atoms. The molecule has 1 rings (SSSR count). The second-order valence-electron chi connectivity index (χ2n) is 3.00. The molecule has 0 heterocycles. The molecule has 0 radical (unpaired) electrons. The molecule has 0 aliphatic rings. The van der Waals surface area contributed by atoms with E-state index in [-0.39, 0.29) is 5.69 Å². The Kier molecular flexibility index (Phi) is 3.95. The van der Waals surface area contributed by atoms with Gasteiger partial charge in [-0.1, -0.05) is 18.7 Å². The second kappa shape index (κ2) is 5.05. The molecule has 0 fully saturated rings. The molecule has 0 spiro atoms. The highest BCUT2D eigenvalue weighted by Crippen LogP contribution is 2.25. The van der Waals surface area contributed by atoms with E-state index >= 15 is 0 Å². The Morgan fingerprint density at radius 1 is 1.35 bits per heavy atom. The van der Waals surface area contributed by atoms with Crippen LogP contribution in [-0.2, 0) is 14.6 Å². The third kappa shape index (κ3) is 2.88. The molecule has 0 unspecified atom stereocenters. The molecular formula is C10H9F2NO3S. The van der Waals surface area contributed by atoms with Gasteiger partial charge in [-0.25, -0.2) is 8.42 Å². The normalized spacial score (nSPS) is 11.2. The lowest BCUT2D eigenvalue weighted by Crippen LogP contribution is -2.16. The van der Waals surface area contributed by atoms with Gasteiger partial charge < -0.3 is 5.32 Å². The van der Waals surface area contributed by atoms with Crippen molar-refractivity contribution in [3.8, 4) is 0 Å². The van der Waals surface area contributed by atoms with Crippen molar-refractivity contribution in [2.45, 2.75) is 10.7 Å². The third-order valence-electron chi connectivity index (χ3n) is 1.87. The van der Waals surface area contributed by atoms with Crippen molar-refractivity contribution >= 4 is 21.4 Å². The maximum atomic E-state index is 12.4. The quantitative estimate of drug-likeness (QED) is 0.841. The summed E-state index contributed by atoms with van der Waals surface area (Å²) in [6, 6.07) is 4.93. The van der Waals surface area contributed by atoms with Crippen molar-refractivity contribution in [3.05, 3.63) is 36.9 Å². The first-order valence-corrected chi connectivity index (χ1v) is 5.98. The summed E-state index contributed by atoms with van der Waals surface area (Å²) < 4.78 is 47.3. The molecule has 0 aliphatic carbocycles. The maximum absolute atomic E-state index is 12.4. The van der Waals surface area contributed by atoms with Crippen molar-refractivity contribution in [2.75, 3.05) is 5.32 Å². The van der Waals surface area contributed by atoms with Crippen LogP contribution >= 0.6 is 0 Å². The van der Waals surface area contributed by atoms with Crippen LogP contribution in [0.4, 0.5) is 14.5 Å². The fraction of sp³-hybridized carbons (Fsp3) is 0.100. The number of rotatable bonds is 4. The van der Waals surface area contributed by atoms with Crippen LogP contribution in [0.1, 0.15) is 0 Å². The minimum Gasteiger partial charge on any atom is -0.321 e. The predicted molar refractivity (Wildman–Crippen MR) is 58.5 cm³/mol. The Balaban J connectivity index is 3.26. The smallest absolute Gasteiger partial charge is 0.321 e. The van der Waals surface area contributed by atoms with Crippen molar-refractivity contribution in [1.29, 1.82) is 0 Å². The van der Waals surface area contributed by atoms with E-state index < -0.39 is 26.4 Å². The van der Waals surface area contributed by atoms with E-state index in [9.17, 15) is 22.0 Å². The molecule has 0 atom stereocenters. The summed E-state index contributed by atoms with van der Waals surface area (Å²) in [6.45, 7) is 3.17. The zero-order valence-corrected chi connectivity index (χ0v) is 9.38. The lowest BCUT2D eigenvalue weighted by atomic mass is 10.3. The van der Waals surface area contributed by atoms with Crippen LogP contribution in [0.3, 0.4) is 0 Å². The lowest BCUT2D eigenvalue weighted by Gasteiger charge is -2.09. The van der Waals surface area contributed by atoms with Crippen LogP contribution in [0.25, 0.3) is 0 Å². The second-order valence-corrected chi connectivity index (χ2v) is 4.88. The molecule has 4 nitrogen and oxygen atoms in total. The Morgan fingerprint density at radius 3 is 2.47 bits per heavy atom. The Morgan fingerprint density at radius 2 is 1.94 bits per heavy atom. The van der Waals surface area contributed by atoms with Crippen LogP contribution in [0.2, 0.25) is 0 Å². The summed E-state index contributed by atoms with van der Waals surface area (Å²) in [5.74, 6) is -4.22. The molecule has 1 N–H and O–H groups in total. The third-order valence-corrected chi connectivity index (χ3v) is 3.31. The highest BCUT2D eigenvalue weighted by molar-refractivity contribution is 7.91. The average Bonchev–Trinajstić information content (AvgIpc) is 2.29. The van der Waals surface area contributed by atoms with Gasteiger partial charge in [-0.2, -0.15) is 8.78 Å². The van der Waals surface area contributed by atoms with Gasteiger partial charge in [0.15, 0.2) is 0 Å². The summed E-state index contributed by atoms with van der Waals surface area (Å²) in [6.07, 6.45) is 0.909. The number of nitrogens with one attached hydrogen (secondary N) is 1. The van der Waals surface area contributed by atoms with Crippen LogP contribution in [0.15, 0.2) is 41.8 Å². The standard InChI is InChI=1S/C10H9F2NO3S/c1-2-9(14)13-7-5-3-4-6-8(7)17(15,16)10(11)12/h2-6,10H,1H2,(H,13,14). The number of alkyl halides is 2. The van der Waals surface area contributed by atoms with Gasteiger partial charge in [0.2, 0.25) is 15.7 Å². The van der Waals surface area contributed by atoms with Gasteiger partial charge >= 0.3 is 5.76 Å². The van der Waals surface area contributed by atoms with Crippen LogP contribution in [0.5, 0.6) is 0 Å². The molecular weight excluding hydrogens is 252 g/mol. The van der Waals surface area contributed by atoms with Crippen LogP contribution in [-0.4, -0.2) is 20.1 Å². The topological polar surface area (TPSA) is 63.2 Å². The van der Waals surface area contributed by atoms with Crippen molar-refractivity contribution < 1.29 is 22.0 Å². The molecule has 0 saturated carbocycles. The zero-order chi connectivity index (χ0) is 13.1. The van der Waals surface area contributed by atoms with Gasteiger partial charge in [-0.15, -0.1) is 0 Å². The molecule has 0 aromatic heterocycles. The van der Waals surface area contributed by atoms with Gasteiger partial charge in [0.1, 0.15) is 0 Å². The Bertz CT molecular complexity index is 540. The fourth-order valence-electron chi connectivity index (χ4n) is 1.10. The monoisotopic (exact) mass is 261 g/mol. The summed E-state index contributed by atoms with van der Waals surface area (Å²) in [7, 11) is -4.74. The number of sulfone groups is 1. The summed E-state index contributed by atoms with van der Waals surface area (Å²) >= 11 is 0. The Hall–Kier alpha value is -1.76. The van der Waals surface area contributed by atoms with Crippen LogP contribution < -0.4 is 5.32 Å². The zero-order valence-electron chi connectivity index (χ0n) is 8.56. The highest BCUT2D eigenvalue weighted by atomic mass is 32.2. The number of hydrogen-bond acceptors (Lipinski definition) is 3. The van der Waals surface area contributed by atoms with E-state index in [0.717, 1.165) is 12.1 Å². The van der Waals surface area contributed by atoms with Crippen molar-refractivity contribution in [3.63, 3.8) is 0 Å². The van der Waals surface area contributed by atoms with E-state index in [2.05, 4.69) is 11.9 Å². The van der Waals surface area contributed by atoms with Gasteiger partial charge in [0, 0.05) is 0 Å². The van der Waals surface area contributed by atoms with Gasteiger partial charge in [0.05, 0.1) is 10.6 Å². The van der Waals surface area contributed by atoms with E-state index in [0.29, 0.717) is 0 Å². The molecule has 1 amide bonds. The number of carbonyl (C=O) groups is 1. The molecule has 0 aliphatic heterocycles. The molecule has 1 aromatic rings. The minimum absolute atomic E-state index is 0.197. The van der Waals surface area contributed by atoms with Gasteiger partial charge in [0.25, 0.3) is 0 Å². The molecule has 92 valence electrons. The molecule has 7 heteroatoms. The number of para-hydroxylation sites is 1. The van der Waals surface area contributed by atoms with Crippen molar-refractivity contribution in [2.24, 2.45) is 0 Å². The Labute approximate surface area is 96.9 Å². The predicted octanol–water partition coefficient (Wildman–Crippen LogP) is 1.81. The minimum atomic E-state index is -4.74. The van der Waals surface area contributed by atoms with E-state index in [1.165, 1.54) is 18.2 Å². The largest absolute Gasteiger partial charge is 0.341 e. The number of amides is 1. The van der Waals surface area contributed by atoms with E-state index in [1.54, 1.807) is 0 Å². The first-order valence-electron chi connectivity index (χ1n) is 4.44. The van der Waals surface area contributed by atoms with Gasteiger partial charge in [-0.3, -0.25) is 4.79 Å². The maximum Gasteiger partial charge on any atom is 0.341 e. The number of hydrogen-bond donors (Lipinski definition) is 1. The summed E-state index contributed by atoms with van der Waals surface area (Å²) in [4.78, 5) is 10.4. The molecule has 0 bridgehead atoms. The first kappa shape index (κ1) is 13.3. The SMILES string of the molecule is C=CC(=O)Nc1ccccc1S(=O)(=O)C(F)F. The number of halogens is 2. The number of benzene rings is 1.